The van der Waals surface area contributed by atoms with Crippen molar-refractivity contribution in [3.63, 3.8) is 0 Å². The smallest absolute Gasteiger partial charge is 0.263 e. The van der Waals surface area contributed by atoms with Crippen molar-refractivity contribution in [2.24, 2.45) is 5.92 Å². The van der Waals surface area contributed by atoms with Crippen LogP contribution in [0.4, 0.5) is 5.82 Å². The van der Waals surface area contributed by atoms with E-state index in [0.717, 1.165) is 62.2 Å². The Bertz CT molecular complexity index is 706. The maximum atomic E-state index is 12.5. The molecule has 0 N–H and O–H groups in total. The van der Waals surface area contributed by atoms with Crippen LogP contribution in [0.3, 0.4) is 0 Å². The fraction of sp³-hybridized carbons (Fsp3) is 0.647. The van der Waals surface area contributed by atoms with Crippen molar-refractivity contribution in [3.05, 3.63) is 12.0 Å². The normalized spacial score (nSPS) is 15.9. The minimum absolute atomic E-state index is 0.115. The number of aromatic nitrogens is 3. The van der Waals surface area contributed by atoms with E-state index in [2.05, 4.69) is 26.9 Å². The maximum absolute atomic E-state index is 12.5. The Kier molecular flexibility index (Phi) is 4.97. The lowest BCUT2D eigenvalue weighted by Crippen LogP contribution is -2.41. The molecule has 1 saturated heterocycles. The summed E-state index contributed by atoms with van der Waals surface area (Å²) in [5, 5.41) is 4.86. The van der Waals surface area contributed by atoms with Gasteiger partial charge in [-0.25, -0.2) is 4.98 Å². The van der Waals surface area contributed by atoms with Gasteiger partial charge in [0.2, 0.25) is 5.91 Å². The largest absolute Gasteiger partial charge is 0.356 e. The van der Waals surface area contributed by atoms with Crippen LogP contribution in [0.2, 0.25) is 0 Å². The van der Waals surface area contributed by atoms with Gasteiger partial charge in [0, 0.05) is 32.6 Å². The molecule has 2 aromatic rings. The molecule has 0 bridgehead atoms. The molecule has 3 heterocycles. The topological polar surface area (TPSA) is 75.4 Å². The van der Waals surface area contributed by atoms with E-state index >= 15 is 0 Å². The molecule has 2 aromatic heterocycles. The van der Waals surface area contributed by atoms with Crippen LogP contribution in [0.1, 0.15) is 38.3 Å². The van der Waals surface area contributed by atoms with Crippen LogP contribution in [-0.4, -0.2) is 52.6 Å². The molecule has 24 heavy (non-hydrogen) atoms. The molecule has 130 valence electrons. The second-order valence-corrected chi connectivity index (χ2v) is 6.52. The summed E-state index contributed by atoms with van der Waals surface area (Å²) in [6, 6.07) is 0. The highest BCUT2D eigenvalue weighted by Crippen LogP contribution is 2.29. The summed E-state index contributed by atoms with van der Waals surface area (Å²) in [4.78, 5) is 25.2. The highest BCUT2D eigenvalue weighted by atomic mass is 16.5. The Balaban J connectivity index is 1.66. The summed E-state index contributed by atoms with van der Waals surface area (Å²) >= 11 is 0. The van der Waals surface area contributed by atoms with Gasteiger partial charge in [-0.15, -0.1) is 0 Å². The second kappa shape index (κ2) is 7.15. The fourth-order valence-corrected chi connectivity index (χ4v) is 3.30. The molecule has 7 heteroatoms. The molecule has 1 amide bonds. The fourth-order valence-electron chi connectivity index (χ4n) is 3.30. The number of carbonyl (C=O) groups is 1. The monoisotopic (exact) mass is 331 g/mol. The van der Waals surface area contributed by atoms with E-state index in [0.29, 0.717) is 5.71 Å². The van der Waals surface area contributed by atoms with E-state index in [9.17, 15) is 4.79 Å². The number of piperidine rings is 1. The number of amides is 1. The van der Waals surface area contributed by atoms with Gasteiger partial charge in [0.1, 0.15) is 17.5 Å². The first-order valence-corrected chi connectivity index (χ1v) is 8.68. The van der Waals surface area contributed by atoms with Crippen molar-refractivity contribution in [2.45, 2.75) is 39.5 Å². The van der Waals surface area contributed by atoms with E-state index in [1.807, 2.05) is 18.9 Å². The van der Waals surface area contributed by atoms with E-state index in [1.54, 1.807) is 0 Å². The first-order chi connectivity index (χ1) is 11.6. The molecule has 1 aliphatic heterocycles. The number of nitrogens with zero attached hydrogens (tertiary/aromatic N) is 5. The van der Waals surface area contributed by atoms with Crippen LogP contribution >= 0.6 is 0 Å². The quantitative estimate of drug-likeness (QED) is 0.837. The number of fused-ring (bicyclic) bond motifs is 1. The van der Waals surface area contributed by atoms with Gasteiger partial charge < -0.3 is 14.3 Å². The molecular weight excluding hydrogens is 306 g/mol. The molecule has 0 saturated carbocycles. The highest BCUT2D eigenvalue weighted by molar-refractivity contribution is 5.88. The number of rotatable bonds is 5. The summed E-state index contributed by atoms with van der Waals surface area (Å²) < 4.78 is 5.22. The minimum Gasteiger partial charge on any atom is -0.356 e. The zero-order chi connectivity index (χ0) is 17.1. The predicted octanol–water partition coefficient (Wildman–Crippen LogP) is 2.40. The molecule has 0 unspecified atom stereocenters. The van der Waals surface area contributed by atoms with Crippen molar-refractivity contribution in [3.8, 4) is 0 Å². The number of anilines is 1. The molecule has 0 radical (unpaired) electrons. The van der Waals surface area contributed by atoms with Crippen molar-refractivity contribution in [1.82, 2.24) is 20.0 Å². The van der Waals surface area contributed by atoms with E-state index in [4.69, 9.17) is 4.52 Å². The standard InChI is InChI=1S/C17H25N5O2/c1-4-5-8-21(3)17(23)13-6-9-22(10-7-13)15-14-12(2)20-24-16(14)19-11-18-15/h11,13H,4-10H2,1-3H3. The van der Waals surface area contributed by atoms with E-state index < -0.39 is 0 Å². The summed E-state index contributed by atoms with van der Waals surface area (Å²) in [5.74, 6) is 1.25. The van der Waals surface area contributed by atoms with E-state index in [1.165, 1.54) is 6.33 Å². The van der Waals surface area contributed by atoms with Gasteiger partial charge in [-0.3, -0.25) is 4.79 Å². The lowest BCUT2D eigenvalue weighted by atomic mass is 9.95. The Hall–Kier alpha value is -2.18. The summed E-state index contributed by atoms with van der Waals surface area (Å²) in [5.41, 5.74) is 1.33. The third kappa shape index (κ3) is 3.20. The summed E-state index contributed by atoms with van der Waals surface area (Å²) in [7, 11) is 1.92. The Morgan fingerprint density at radius 2 is 2.12 bits per heavy atom. The van der Waals surface area contributed by atoms with Gasteiger partial charge in [-0.05, 0) is 26.2 Å². The number of carbonyl (C=O) groups excluding carboxylic acids is 1. The van der Waals surface area contributed by atoms with Crippen molar-refractivity contribution >= 4 is 22.8 Å². The van der Waals surface area contributed by atoms with Crippen LogP contribution in [0.15, 0.2) is 10.9 Å². The van der Waals surface area contributed by atoms with Gasteiger partial charge in [0.05, 0.1) is 5.69 Å². The molecule has 0 aliphatic carbocycles. The first-order valence-electron chi connectivity index (χ1n) is 8.68. The molecule has 0 atom stereocenters. The zero-order valence-corrected chi connectivity index (χ0v) is 14.7. The van der Waals surface area contributed by atoms with Gasteiger partial charge in [0.15, 0.2) is 0 Å². The van der Waals surface area contributed by atoms with Crippen molar-refractivity contribution in [1.29, 1.82) is 0 Å². The van der Waals surface area contributed by atoms with Gasteiger partial charge >= 0.3 is 0 Å². The lowest BCUT2D eigenvalue weighted by Gasteiger charge is -2.34. The number of hydrogen-bond donors (Lipinski definition) is 0. The molecule has 1 aliphatic rings. The number of aryl methyl sites for hydroxylation is 1. The summed E-state index contributed by atoms with van der Waals surface area (Å²) in [6.07, 6.45) is 5.39. The lowest BCUT2D eigenvalue weighted by molar-refractivity contribution is -0.134. The van der Waals surface area contributed by atoms with Crippen LogP contribution < -0.4 is 4.90 Å². The molecule has 0 aromatic carbocycles. The number of unbranched alkanes of at least 4 members (excludes halogenated alkanes) is 1. The SMILES string of the molecule is CCCCN(C)C(=O)C1CCN(c2ncnc3onc(C)c23)CC1. The average Bonchev–Trinajstić information content (AvgIpc) is 3.00. The van der Waals surface area contributed by atoms with Gasteiger partial charge in [-0.2, -0.15) is 4.98 Å². The first kappa shape index (κ1) is 16.7. The highest BCUT2D eigenvalue weighted by Gasteiger charge is 2.29. The minimum atomic E-state index is 0.115. The Morgan fingerprint density at radius 3 is 2.83 bits per heavy atom. The second-order valence-electron chi connectivity index (χ2n) is 6.52. The number of hydrogen-bond acceptors (Lipinski definition) is 6. The van der Waals surface area contributed by atoms with Crippen LogP contribution in [0.25, 0.3) is 11.1 Å². The van der Waals surface area contributed by atoms with Crippen LogP contribution in [0, 0.1) is 12.8 Å². The zero-order valence-electron chi connectivity index (χ0n) is 14.7. The predicted molar refractivity (Wildman–Crippen MR) is 91.8 cm³/mol. The summed E-state index contributed by atoms with van der Waals surface area (Å²) in [6.45, 7) is 6.52. The molecule has 0 spiro atoms. The third-order valence-electron chi connectivity index (χ3n) is 4.79. The molecule has 3 rings (SSSR count). The maximum Gasteiger partial charge on any atom is 0.263 e. The average molecular weight is 331 g/mol. The van der Waals surface area contributed by atoms with Crippen molar-refractivity contribution < 1.29 is 9.32 Å². The third-order valence-corrected chi connectivity index (χ3v) is 4.79. The molecular formula is C17H25N5O2. The van der Waals surface area contributed by atoms with Gasteiger partial charge in [-0.1, -0.05) is 18.5 Å². The van der Waals surface area contributed by atoms with Crippen molar-refractivity contribution in [2.75, 3.05) is 31.6 Å². The van der Waals surface area contributed by atoms with Crippen LogP contribution in [-0.2, 0) is 4.79 Å². The van der Waals surface area contributed by atoms with Crippen LogP contribution in [0.5, 0.6) is 0 Å². The van der Waals surface area contributed by atoms with E-state index in [-0.39, 0.29) is 11.8 Å². The molecule has 1 fully saturated rings. The molecule has 7 nitrogen and oxygen atoms in total. The van der Waals surface area contributed by atoms with Gasteiger partial charge in [0.25, 0.3) is 5.71 Å². The Morgan fingerprint density at radius 1 is 1.38 bits per heavy atom. The Labute approximate surface area is 142 Å².